The molecule has 1 aliphatic rings. The molecule has 1 heterocycles. The molecule has 1 N–H and O–H groups in total. The molecule has 1 fully saturated rings. The van der Waals surface area contributed by atoms with E-state index in [4.69, 9.17) is 11.6 Å². The summed E-state index contributed by atoms with van der Waals surface area (Å²) in [5.41, 5.74) is 4.65. The van der Waals surface area contributed by atoms with Gasteiger partial charge in [0, 0.05) is 28.8 Å². The standard InChI is InChI=1S/C20H20BrClN2O2/c1-11-5-4-6-18(13(11)3)24-10-14(8-19(24)25)20(26)23-17-9-16(22)15(21)7-12(17)2/h4-7,9,14H,8,10H2,1-3H3,(H,23,26)/t14-/m0/s1. The lowest BCUT2D eigenvalue weighted by molar-refractivity contribution is -0.122. The number of nitrogens with zero attached hydrogens (tertiary/aromatic N) is 1. The third-order valence-corrected chi connectivity index (χ3v) is 6.08. The first kappa shape index (κ1) is 18.9. The molecule has 1 saturated heterocycles. The molecule has 2 aromatic rings. The number of amides is 2. The molecule has 136 valence electrons. The molecule has 0 aliphatic carbocycles. The van der Waals surface area contributed by atoms with Gasteiger partial charge in [-0.1, -0.05) is 23.7 Å². The minimum atomic E-state index is -0.385. The lowest BCUT2D eigenvalue weighted by Gasteiger charge is -2.20. The maximum Gasteiger partial charge on any atom is 0.229 e. The van der Waals surface area contributed by atoms with Crippen LogP contribution in [0.5, 0.6) is 0 Å². The van der Waals surface area contributed by atoms with Gasteiger partial charge in [0.25, 0.3) is 0 Å². The molecule has 2 aromatic carbocycles. The maximum absolute atomic E-state index is 12.7. The topological polar surface area (TPSA) is 49.4 Å². The normalized spacial score (nSPS) is 16.9. The summed E-state index contributed by atoms with van der Waals surface area (Å²) in [6, 6.07) is 9.46. The van der Waals surface area contributed by atoms with Crippen LogP contribution in [0.2, 0.25) is 5.02 Å². The summed E-state index contributed by atoms with van der Waals surface area (Å²) < 4.78 is 0.784. The third-order valence-electron chi connectivity index (χ3n) is 4.89. The number of halogens is 2. The number of hydrogen-bond acceptors (Lipinski definition) is 2. The molecule has 3 rings (SSSR count). The van der Waals surface area contributed by atoms with Gasteiger partial charge in [-0.2, -0.15) is 0 Å². The molecule has 4 nitrogen and oxygen atoms in total. The van der Waals surface area contributed by atoms with Gasteiger partial charge >= 0.3 is 0 Å². The summed E-state index contributed by atoms with van der Waals surface area (Å²) in [6.07, 6.45) is 0.211. The first-order valence-electron chi connectivity index (χ1n) is 8.41. The zero-order valence-corrected chi connectivity index (χ0v) is 17.2. The Morgan fingerprint density at radius 3 is 2.69 bits per heavy atom. The monoisotopic (exact) mass is 434 g/mol. The minimum absolute atomic E-state index is 0.0237. The molecule has 1 aliphatic heterocycles. The molecule has 6 heteroatoms. The summed E-state index contributed by atoms with van der Waals surface area (Å²) in [4.78, 5) is 26.9. The van der Waals surface area contributed by atoms with Crippen LogP contribution in [0.1, 0.15) is 23.1 Å². The van der Waals surface area contributed by atoms with Crippen LogP contribution in [-0.2, 0) is 9.59 Å². The first-order valence-corrected chi connectivity index (χ1v) is 9.58. The highest BCUT2D eigenvalue weighted by atomic mass is 79.9. The molecular formula is C20H20BrClN2O2. The highest BCUT2D eigenvalue weighted by Crippen LogP contribution is 2.32. The molecule has 0 radical (unpaired) electrons. The van der Waals surface area contributed by atoms with Gasteiger partial charge < -0.3 is 10.2 Å². The Kier molecular flexibility index (Phi) is 5.39. The van der Waals surface area contributed by atoms with Crippen molar-refractivity contribution < 1.29 is 9.59 Å². The van der Waals surface area contributed by atoms with Crippen molar-refractivity contribution in [3.8, 4) is 0 Å². The molecular weight excluding hydrogens is 416 g/mol. The fourth-order valence-corrected chi connectivity index (χ4v) is 3.78. The van der Waals surface area contributed by atoms with Crippen molar-refractivity contribution in [3.05, 3.63) is 56.5 Å². The van der Waals surface area contributed by atoms with Gasteiger partial charge in [0.15, 0.2) is 0 Å². The predicted octanol–water partition coefficient (Wildman–Crippen LogP) is 5.02. The Labute approximate surface area is 166 Å². The Morgan fingerprint density at radius 2 is 1.96 bits per heavy atom. The molecule has 26 heavy (non-hydrogen) atoms. The SMILES string of the molecule is Cc1cc(Br)c(Cl)cc1NC(=O)[C@H]1CC(=O)N(c2cccc(C)c2C)C1. The average molecular weight is 436 g/mol. The second-order valence-electron chi connectivity index (χ2n) is 6.69. The van der Waals surface area contributed by atoms with Crippen molar-refractivity contribution in [2.45, 2.75) is 27.2 Å². The Balaban J connectivity index is 1.77. The van der Waals surface area contributed by atoms with E-state index in [1.807, 2.05) is 45.0 Å². The summed E-state index contributed by atoms with van der Waals surface area (Å²) in [6.45, 7) is 6.30. The Hall–Kier alpha value is -1.85. The van der Waals surface area contributed by atoms with E-state index in [9.17, 15) is 9.59 Å². The summed E-state index contributed by atoms with van der Waals surface area (Å²) in [5.74, 6) is -0.568. The largest absolute Gasteiger partial charge is 0.325 e. The van der Waals surface area contributed by atoms with Crippen molar-refractivity contribution in [3.63, 3.8) is 0 Å². The van der Waals surface area contributed by atoms with Crippen LogP contribution in [0.4, 0.5) is 11.4 Å². The lowest BCUT2D eigenvalue weighted by Crippen LogP contribution is -2.28. The van der Waals surface area contributed by atoms with Gasteiger partial charge in [0.2, 0.25) is 11.8 Å². The molecule has 0 spiro atoms. The Morgan fingerprint density at radius 1 is 1.23 bits per heavy atom. The fraction of sp³-hybridized carbons (Fsp3) is 0.300. The first-order chi connectivity index (χ1) is 12.3. The molecule has 0 saturated carbocycles. The van der Waals surface area contributed by atoms with Crippen molar-refractivity contribution in [1.29, 1.82) is 0 Å². The quantitative estimate of drug-likeness (QED) is 0.736. The van der Waals surface area contributed by atoms with Gasteiger partial charge in [-0.15, -0.1) is 0 Å². The highest BCUT2D eigenvalue weighted by molar-refractivity contribution is 9.10. The Bertz CT molecular complexity index is 898. The van der Waals surface area contributed by atoms with Crippen molar-refractivity contribution in [2.75, 3.05) is 16.8 Å². The molecule has 1 atom stereocenters. The van der Waals surface area contributed by atoms with E-state index in [2.05, 4.69) is 21.2 Å². The molecule has 0 aromatic heterocycles. The van der Waals surface area contributed by atoms with Gasteiger partial charge in [-0.25, -0.2) is 0 Å². The summed E-state index contributed by atoms with van der Waals surface area (Å²) >= 11 is 9.50. The second kappa shape index (κ2) is 7.41. The zero-order chi connectivity index (χ0) is 19.0. The van der Waals surface area contributed by atoms with Crippen LogP contribution in [0.25, 0.3) is 0 Å². The van der Waals surface area contributed by atoms with E-state index in [0.29, 0.717) is 17.3 Å². The van der Waals surface area contributed by atoms with Crippen molar-refractivity contribution >= 4 is 50.7 Å². The van der Waals surface area contributed by atoms with Gasteiger partial charge in [0.1, 0.15) is 0 Å². The van der Waals surface area contributed by atoms with Crippen molar-refractivity contribution in [1.82, 2.24) is 0 Å². The van der Waals surface area contributed by atoms with E-state index in [0.717, 1.165) is 26.9 Å². The van der Waals surface area contributed by atoms with Crippen LogP contribution in [0.3, 0.4) is 0 Å². The van der Waals surface area contributed by atoms with E-state index < -0.39 is 0 Å². The van der Waals surface area contributed by atoms with E-state index in [1.54, 1.807) is 11.0 Å². The summed E-state index contributed by atoms with van der Waals surface area (Å²) in [7, 11) is 0. The minimum Gasteiger partial charge on any atom is -0.325 e. The number of hydrogen-bond donors (Lipinski definition) is 1. The van der Waals surface area contributed by atoms with E-state index in [1.165, 1.54) is 0 Å². The number of benzene rings is 2. The second-order valence-corrected chi connectivity index (χ2v) is 7.96. The molecule has 0 bridgehead atoms. The smallest absolute Gasteiger partial charge is 0.229 e. The molecule has 2 amide bonds. The number of nitrogens with one attached hydrogen (secondary N) is 1. The predicted molar refractivity (Wildman–Crippen MR) is 109 cm³/mol. The van der Waals surface area contributed by atoms with Crippen LogP contribution >= 0.6 is 27.5 Å². The maximum atomic E-state index is 12.7. The van der Waals surface area contributed by atoms with Crippen LogP contribution in [-0.4, -0.2) is 18.4 Å². The van der Waals surface area contributed by atoms with Crippen LogP contribution in [0.15, 0.2) is 34.8 Å². The molecule has 0 unspecified atom stereocenters. The third kappa shape index (κ3) is 3.64. The van der Waals surface area contributed by atoms with E-state index in [-0.39, 0.29) is 24.2 Å². The number of rotatable bonds is 3. The van der Waals surface area contributed by atoms with Crippen LogP contribution in [0, 0.1) is 26.7 Å². The van der Waals surface area contributed by atoms with Gasteiger partial charge in [0.05, 0.1) is 10.9 Å². The number of carbonyl (C=O) groups is 2. The zero-order valence-electron chi connectivity index (χ0n) is 14.9. The van der Waals surface area contributed by atoms with Crippen LogP contribution < -0.4 is 10.2 Å². The number of aryl methyl sites for hydroxylation is 2. The highest BCUT2D eigenvalue weighted by Gasteiger charge is 2.36. The number of carbonyl (C=O) groups excluding carboxylic acids is 2. The van der Waals surface area contributed by atoms with E-state index >= 15 is 0 Å². The van der Waals surface area contributed by atoms with Crippen molar-refractivity contribution in [2.24, 2.45) is 5.92 Å². The summed E-state index contributed by atoms with van der Waals surface area (Å²) in [5, 5.41) is 3.45. The number of anilines is 2. The van der Waals surface area contributed by atoms with Gasteiger partial charge in [-0.3, -0.25) is 9.59 Å². The average Bonchev–Trinajstić information content (AvgIpc) is 2.97. The van der Waals surface area contributed by atoms with Gasteiger partial charge in [-0.05, 0) is 71.6 Å². The fourth-order valence-electron chi connectivity index (χ4n) is 3.16. The lowest BCUT2D eigenvalue weighted by atomic mass is 10.1.